The highest BCUT2D eigenvalue weighted by Gasteiger charge is 2.28. The Morgan fingerprint density at radius 3 is 2.60 bits per heavy atom. The molecule has 0 saturated heterocycles. The Morgan fingerprint density at radius 1 is 1.12 bits per heavy atom. The third kappa shape index (κ3) is 4.18. The van der Waals surface area contributed by atoms with E-state index in [0.29, 0.717) is 19.4 Å². The Morgan fingerprint density at radius 2 is 1.84 bits per heavy atom. The fourth-order valence-electron chi connectivity index (χ4n) is 3.11. The topological polar surface area (TPSA) is 75.6 Å². The number of carbonyl (C=O) groups excluding carboxylic acids is 1. The summed E-state index contributed by atoms with van der Waals surface area (Å²) in [6, 6.07) is 16.9. The maximum atomic E-state index is 12.6. The van der Waals surface area contributed by atoms with Crippen LogP contribution in [0.15, 0.2) is 54.6 Å². The molecule has 130 valence electrons. The van der Waals surface area contributed by atoms with Crippen LogP contribution in [0.3, 0.4) is 0 Å². The average Bonchev–Trinajstić information content (AvgIpc) is 2.65. The number of ether oxygens (including phenoxy) is 1. The summed E-state index contributed by atoms with van der Waals surface area (Å²) in [5.41, 5.74) is 1.81. The zero-order valence-corrected chi connectivity index (χ0v) is 13.9. The summed E-state index contributed by atoms with van der Waals surface area (Å²) in [4.78, 5) is 24.1. The van der Waals surface area contributed by atoms with Gasteiger partial charge >= 0.3 is 5.97 Å². The third-order valence-electron chi connectivity index (χ3n) is 4.47. The van der Waals surface area contributed by atoms with Crippen LogP contribution in [0.25, 0.3) is 0 Å². The van der Waals surface area contributed by atoms with Crippen LogP contribution < -0.4 is 10.1 Å². The van der Waals surface area contributed by atoms with E-state index in [2.05, 4.69) is 5.32 Å². The van der Waals surface area contributed by atoms with E-state index in [1.807, 2.05) is 54.6 Å². The van der Waals surface area contributed by atoms with E-state index >= 15 is 0 Å². The zero-order chi connectivity index (χ0) is 17.6. The predicted octanol–water partition coefficient (Wildman–Crippen LogP) is 2.61. The Bertz CT molecular complexity index is 744. The standard InChI is InChI=1S/C20H21NO4/c22-19(17-10-11-25-18-9-5-4-8-16(17)18)21-13-15(20(23)24)12-14-6-2-1-3-7-14/h1-9,15,17H,10-13H2,(H,21,22)(H,23,24). The molecule has 5 nitrogen and oxygen atoms in total. The highest BCUT2D eigenvalue weighted by molar-refractivity contribution is 5.85. The number of para-hydroxylation sites is 1. The average molecular weight is 339 g/mol. The number of carboxylic acid groups (broad SMARTS) is 1. The number of amides is 1. The molecule has 0 fully saturated rings. The lowest BCUT2D eigenvalue weighted by Crippen LogP contribution is -2.38. The number of benzene rings is 2. The van der Waals surface area contributed by atoms with Gasteiger partial charge in [-0.3, -0.25) is 9.59 Å². The summed E-state index contributed by atoms with van der Waals surface area (Å²) < 4.78 is 5.57. The van der Waals surface area contributed by atoms with Crippen LogP contribution in [0.2, 0.25) is 0 Å². The number of carboxylic acids is 1. The second kappa shape index (κ2) is 7.83. The fraction of sp³-hybridized carbons (Fsp3) is 0.300. The van der Waals surface area contributed by atoms with E-state index < -0.39 is 11.9 Å². The molecule has 3 rings (SSSR count). The SMILES string of the molecule is O=C(O)C(CNC(=O)C1CCOc2ccccc21)Cc1ccccc1. The molecule has 1 heterocycles. The van der Waals surface area contributed by atoms with Gasteiger partial charge in [-0.05, 0) is 24.5 Å². The molecule has 0 bridgehead atoms. The van der Waals surface area contributed by atoms with Gasteiger partial charge in [0, 0.05) is 12.1 Å². The van der Waals surface area contributed by atoms with Crippen LogP contribution in [0.1, 0.15) is 23.5 Å². The van der Waals surface area contributed by atoms with Gasteiger partial charge in [0.1, 0.15) is 5.75 Å². The molecule has 2 unspecified atom stereocenters. The van der Waals surface area contributed by atoms with Crippen LogP contribution in [0.4, 0.5) is 0 Å². The number of nitrogens with one attached hydrogen (secondary N) is 1. The van der Waals surface area contributed by atoms with E-state index in [0.717, 1.165) is 16.9 Å². The van der Waals surface area contributed by atoms with Crippen molar-refractivity contribution in [3.63, 3.8) is 0 Å². The number of fused-ring (bicyclic) bond motifs is 1. The molecule has 2 N–H and O–H groups in total. The summed E-state index contributed by atoms with van der Waals surface area (Å²) >= 11 is 0. The summed E-state index contributed by atoms with van der Waals surface area (Å²) in [5.74, 6) is -1.27. The number of rotatable bonds is 6. The first-order valence-corrected chi connectivity index (χ1v) is 8.41. The molecular weight excluding hydrogens is 318 g/mol. The molecule has 5 heteroatoms. The van der Waals surface area contributed by atoms with Crippen LogP contribution in [-0.4, -0.2) is 30.1 Å². The van der Waals surface area contributed by atoms with Crippen molar-refractivity contribution in [2.75, 3.05) is 13.2 Å². The molecule has 2 atom stereocenters. The molecule has 1 amide bonds. The van der Waals surface area contributed by atoms with Crippen molar-refractivity contribution in [3.05, 3.63) is 65.7 Å². The van der Waals surface area contributed by atoms with Crippen LogP contribution >= 0.6 is 0 Å². The first-order valence-electron chi connectivity index (χ1n) is 8.41. The molecule has 0 aliphatic carbocycles. The van der Waals surface area contributed by atoms with E-state index in [9.17, 15) is 14.7 Å². The van der Waals surface area contributed by atoms with E-state index in [4.69, 9.17) is 4.74 Å². The summed E-state index contributed by atoms with van der Waals surface area (Å²) in [7, 11) is 0. The maximum Gasteiger partial charge on any atom is 0.308 e. The lowest BCUT2D eigenvalue weighted by Gasteiger charge is -2.25. The predicted molar refractivity (Wildman–Crippen MR) is 93.6 cm³/mol. The van der Waals surface area contributed by atoms with E-state index in [-0.39, 0.29) is 18.4 Å². The zero-order valence-electron chi connectivity index (χ0n) is 13.9. The van der Waals surface area contributed by atoms with Gasteiger partial charge in [0.05, 0.1) is 18.4 Å². The van der Waals surface area contributed by atoms with Gasteiger partial charge in [-0.15, -0.1) is 0 Å². The van der Waals surface area contributed by atoms with Crippen LogP contribution in [-0.2, 0) is 16.0 Å². The molecule has 0 radical (unpaired) electrons. The monoisotopic (exact) mass is 339 g/mol. The van der Waals surface area contributed by atoms with Crippen molar-refractivity contribution < 1.29 is 19.4 Å². The molecule has 2 aromatic carbocycles. The fourth-order valence-corrected chi connectivity index (χ4v) is 3.11. The Hall–Kier alpha value is -2.82. The van der Waals surface area contributed by atoms with Crippen molar-refractivity contribution >= 4 is 11.9 Å². The van der Waals surface area contributed by atoms with E-state index in [1.165, 1.54) is 0 Å². The molecule has 0 spiro atoms. The number of aliphatic carboxylic acids is 1. The third-order valence-corrected chi connectivity index (χ3v) is 4.47. The summed E-state index contributed by atoms with van der Waals surface area (Å²) in [6.07, 6.45) is 0.986. The van der Waals surface area contributed by atoms with Gasteiger partial charge in [0.2, 0.25) is 5.91 Å². The minimum Gasteiger partial charge on any atom is -0.493 e. The molecular formula is C20H21NO4. The molecule has 2 aromatic rings. The van der Waals surface area contributed by atoms with Crippen molar-refractivity contribution in [1.29, 1.82) is 0 Å². The number of hydrogen-bond acceptors (Lipinski definition) is 3. The van der Waals surface area contributed by atoms with Crippen LogP contribution in [0, 0.1) is 5.92 Å². The molecule has 0 aromatic heterocycles. The Balaban J connectivity index is 1.63. The number of carbonyl (C=O) groups is 2. The normalized spacial score (nSPS) is 17.0. The number of hydrogen-bond donors (Lipinski definition) is 2. The largest absolute Gasteiger partial charge is 0.493 e. The van der Waals surface area contributed by atoms with Crippen LogP contribution in [0.5, 0.6) is 5.75 Å². The Labute approximate surface area is 146 Å². The highest BCUT2D eigenvalue weighted by Crippen LogP contribution is 2.33. The summed E-state index contributed by atoms with van der Waals surface area (Å²) in [6.45, 7) is 0.601. The van der Waals surface area contributed by atoms with Gasteiger partial charge in [-0.1, -0.05) is 48.5 Å². The van der Waals surface area contributed by atoms with Crippen molar-refractivity contribution in [2.24, 2.45) is 5.92 Å². The first kappa shape index (κ1) is 17.0. The van der Waals surface area contributed by atoms with Crippen molar-refractivity contribution in [2.45, 2.75) is 18.8 Å². The molecule has 0 saturated carbocycles. The lowest BCUT2D eigenvalue weighted by atomic mass is 9.92. The lowest BCUT2D eigenvalue weighted by molar-refractivity contribution is -0.141. The quantitative estimate of drug-likeness (QED) is 0.848. The maximum absolute atomic E-state index is 12.6. The molecule has 25 heavy (non-hydrogen) atoms. The van der Waals surface area contributed by atoms with Gasteiger partial charge in [-0.25, -0.2) is 0 Å². The second-order valence-corrected chi connectivity index (χ2v) is 6.20. The van der Waals surface area contributed by atoms with Crippen molar-refractivity contribution in [1.82, 2.24) is 5.32 Å². The van der Waals surface area contributed by atoms with Gasteiger partial charge in [0.15, 0.2) is 0 Å². The molecule has 1 aliphatic rings. The minimum absolute atomic E-state index is 0.114. The van der Waals surface area contributed by atoms with Crippen molar-refractivity contribution in [3.8, 4) is 5.75 Å². The second-order valence-electron chi connectivity index (χ2n) is 6.20. The van der Waals surface area contributed by atoms with Gasteiger partial charge < -0.3 is 15.2 Å². The van der Waals surface area contributed by atoms with Gasteiger partial charge in [-0.2, -0.15) is 0 Å². The Kier molecular flexibility index (Phi) is 5.33. The van der Waals surface area contributed by atoms with E-state index in [1.54, 1.807) is 0 Å². The highest BCUT2D eigenvalue weighted by atomic mass is 16.5. The minimum atomic E-state index is -0.906. The summed E-state index contributed by atoms with van der Waals surface area (Å²) in [5, 5.41) is 12.3. The molecule has 1 aliphatic heterocycles. The van der Waals surface area contributed by atoms with Gasteiger partial charge in [0.25, 0.3) is 0 Å². The first-order chi connectivity index (χ1) is 12.1. The smallest absolute Gasteiger partial charge is 0.308 e.